The first-order valence-corrected chi connectivity index (χ1v) is 10.4. The fourth-order valence-corrected chi connectivity index (χ4v) is 3.98. The Morgan fingerprint density at radius 1 is 1.17 bits per heavy atom. The van der Waals surface area contributed by atoms with Crippen LogP contribution in [0.4, 0.5) is 27.9 Å². The molecular weight excluding hydrogens is 475 g/mol. The van der Waals surface area contributed by atoms with Crippen LogP contribution in [-0.2, 0) is 18.0 Å². The van der Waals surface area contributed by atoms with Gasteiger partial charge in [0.05, 0.1) is 24.1 Å². The summed E-state index contributed by atoms with van der Waals surface area (Å²) >= 11 is 0. The smallest absolute Gasteiger partial charge is 0.419 e. The first-order chi connectivity index (χ1) is 16.6. The second-order valence-electron chi connectivity index (χ2n) is 7.92. The molecule has 0 radical (unpaired) electrons. The molecule has 13 heteroatoms. The zero-order chi connectivity index (χ0) is 24.9. The number of aryl methyl sites for hydroxylation is 1. The number of phenols is 1. The number of pyridine rings is 1. The Hall–Kier alpha value is -3.87. The van der Waals surface area contributed by atoms with Crippen LogP contribution in [0, 0.1) is 11.6 Å². The van der Waals surface area contributed by atoms with Gasteiger partial charge < -0.3 is 14.7 Å². The number of alkyl halides is 3. The molecule has 0 aliphatic carbocycles. The number of benzene rings is 1. The molecule has 1 aliphatic rings. The normalized spacial score (nSPS) is 16.7. The highest BCUT2D eigenvalue weighted by Crippen LogP contribution is 2.41. The Bertz CT molecular complexity index is 1410. The van der Waals surface area contributed by atoms with E-state index in [1.807, 2.05) is 11.0 Å². The van der Waals surface area contributed by atoms with E-state index in [1.165, 1.54) is 17.9 Å². The highest BCUT2D eigenvalue weighted by Gasteiger charge is 2.38. The summed E-state index contributed by atoms with van der Waals surface area (Å²) in [6, 6.07) is 3.97. The molecule has 1 aliphatic heterocycles. The van der Waals surface area contributed by atoms with Crippen LogP contribution in [-0.4, -0.2) is 49.5 Å². The van der Waals surface area contributed by atoms with Crippen LogP contribution in [0.1, 0.15) is 17.2 Å². The fourth-order valence-electron chi connectivity index (χ4n) is 3.98. The van der Waals surface area contributed by atoms with Gasteiger partial charge in [-0.15, -0.1) is 0 Å². The van der Waals surface area contributed by atoms with E-state index < -0.39 is 34.7 Å². The fraction of sp³-hybridized carbons (Fsp3) is 0.273. The van der Waals surface area contributed by atoms with Crippen molar-refractivity contribution in [2.45, 2.75) is 12.3 Å². The minimum atomic E-state index is -5.15. The van der Waals surface area contributed by atoms with E-state index in [2.05, 4.69) is 20.1 Å². The van der Waals surface area contributed by atoms with Crippen LogP contribution < -0.4 is 4.90 Å². The van der Waals surface area contributed by atoms with Gasteiger partial charge in [0.25, 0.3) is 0 Å². The number of morpholine rings is 1. The van der Waals surface area contributed by atoms with E-state index in [9.17, 15) is 27.1 Å². The molecule has 0 bridgehead atoms. The Morgan fingerprint density at radius 3 is 2.69 bits per heavy atom. The summed E-state index contributed by atoms with van der Waals surface area (Å²) < 4.78 is 75.4. The average molecular weight is 492 g/mol. The number of aromatic nitrogens is 5. The number of ether oxygens (including phenoxy) is 1. The van der Waals surface area contributed by atoms with Gasteiger partial charge in [-0.05, 0) is 12.1 Å². The van der Waals surface area contributed by atoms with Gasteiger partial charge in [-0.3, -0.25) is 4.98 Å². The third-order valence-electron chi connectivity index (χ3n) is 5.71. The summed E-state index contributed by atoms with van der Waals surface area (Å²) in [7, 11) is 1.48. The van der Waals surface area contributed by atoms with Crippen LogP contribution in [0.25, 0.3) is 22.3 Å². The van der Waals surface area contributed by atoms with E-state index in [-0.39, 0.29) is 28.9 Å². The van der Waals surface area contributed by atoms with Crippen LogP contribution >= 0.6 is 0 Å². The van der Waals surface area contributed by atoms with Crippen molar-refractivity contribution < 1.29 is 31.8 Å². The molecule has 182 valence electrons. The van der Waals surface area contributed by atoms with Crippen LogP contribution in [0.3, 0.4) is 0 Å². The predicted octanol–water partition coefficient (Wildman–Crippen LogP) is 4.01. The topological polar surface area (TPSA) is 89.2 Å². The van der Waals surface area contributed by atoms with Gasteiger partial charge in [0.1, 0.15) is 11.8 Å². The largest absolute Gasteiger partial charge is 0.503 e. The third kappa shape index (κ3) is 4.01. The SMILES string of the molecule is Cn1nc(-c2cc(C(F)(F)F)c(F)c(O)c2F)c2cnc(N3CCOC(c4cccnc4)C3)nc21. The molecule has 1 atom stereocenters. The van der Waals surface area contributed by atoms with Crippen molar-refractivity contribution in [2.75, 3.05) is 24.6 Å². The molecule has 0 saturated carbocycles. The van der Waals surface area contributed by atoms with Gasteiger partial charge in [-0.25, -0.2) is 18.4 Å². The molecule has 1 unspecified atom stereocenters. The molecule has 1 fully saturated rings. The third-order valence-corrected chi connectivity index (χ3v) is 5.71. The number of aromatic hydroxyl groups is 1. The van der Waals surface area contributed by atoms with Crippen molar-refractivity contribution in [3.8, 4) is 17.0 Å². The Morgan fingerprint density at radius 2 is 1.97 bits per heavy atom. The minimum Gasteiger partial charge on any atom is -0.503 e. The van der Waals surface area contributed by atoms with Crippen LogP contribution in [0.5, 0.6) is 5.75 Å². The number of phenolic OH excluding ortho intramolecular Hbond substituents is 1. The number of fused-ring (bicyclic) bond motifs is 1. The number of nitrogens with zero attached hydrogens (tertiary/aromatic N) is 6. The van der Waals surface area contributed by atoms with Crippen molar-refractivity contribution in [2.24, 2.45) is 7.05 Å². The molecule has 3 aromatic heterocycles. The molecule has 35 heavy (non-hydrogen) atoms. The molecule has 1 N–H and O–H groups in total. The maximum atomic E-state index is 14.7. The van der Waals surface area contributed by atoms with Crippen molar-refractivity contribution in [1.82, 2.24) is 24.7 Å². The quantitative estimate of drug-likeness (QED) is 0.433. The molecule has 4 heterocycles. The molecular formula is C22H17F5N6O2. The van der Waals surface area contributed by atoms with Gasteiger partial charge in [-0.1, -0.05) is 6.07 Å². The molecule has 1 aromatic carbocycles. The summed E-state index contributed by atoms with van der Waals surface area (Å²) in [5.74, 6) is -5.07. The van der Waals surface area contributed by atoms with Gasteiger partial charge in [0, 0.05) is 43.3 Å². The number of hydrogen-bond acceptors (Lipinski definition) is 7. The lowest BCUT2D eigenvalue weighted by atomic mass is 10.0. The summed E-state index contributed by atoms with van der Waals surface area (Å²) in [6.07, 6.45) is -0.757. The maximum absolute atomic E-state index is 14.7. The zero-order valence-corrected chi connectivity index (χ0v) is 18.1. The Balaban J connectivity index is 1.54. The number of hydrogen-bond donors (Lipinski definition) is 1. The van der Waals surface area contributed by atoms with E-state index >= 15 is 0 Å². The van der Waals surface area contributed by atoms with Crippen molar-refractivity contribution in [3.63, 3.8) is 0 Å². The average Bonchev–Trinajstić information content (AvgIpc) is 3.18. The second-order valence-corrected chi connectivity index (χ2v) is 7.92. The maximum Gasteiger partial charge on any atom is 0.419 e. The van der Waals surface area contributed by atoms with Crippen molar-refractivity contribution in [1.29, 1.82) is 0 Å². The first-order valence-electron chi connectivity index (χ1n) is 10.4. The van der Waals surface area contributed by atoms with E-state index in [4.69, 9.17) is 4.74 Å². The second kappa shape index (κ2) is 8.41. The standard InChI is InChI=1S/C22H17F5N6O2/c1-32-20-13(18(31-32)12-7-14(22(25,26)27)17(24)19(34)16(12)23)9-29-21(30-20)33-5-6-35-15(10-33)11-3-2-4-28-8-11/h2-4,7-9,15,34H,5-6,10H2,1H3. The zero-order valence-electron chi connectivity index (χ0n) is 18.1. The van der Waals surface area contributed by atoms with Gasteiger partial charge in [-0.2, -0.15) is 23.3 Å². The minimum absolute atomic E-state index is 0.131. The number of halogens is 5. The molecule has 0 spiro atoms. The molecule has 4 aromatic rings. The summed E-state index contributed by atoms with van der Waals surface area (Å²) in [5, 5.41) is 13.9. The molecule has 0 amide bonds. The van der Waals surface area contributed by atoms with Crippen LogP contribution in [0.15, 0.2) is 36.8 Å². The predicted molar refractivity (Wildman–Crippen MR) is 113 cm³/mol. The monoisotopic (exact) mass is 492 g/mol. The lowest BCUT2D eigenvalue weighted by Gasteiger charge is -2.33. The summed E-state index contributed by atoms with van der Waals surface area (Å²) in [4.78, 5) is 14.8. The first kappa shape index (κ1) is 22.9. The number of rotatable bonds is 3. The van der Waals surface area contributed by atoms with Gasteiger partial charge >= 0.3 is 6.18 Å². The lowest BCUT2D eigenvalue weighted by molar-refractivity contribution is -0.140. The van der Waals surface area contributed by atoms with E-state index in [1.54, 1.807) is 18.5 Å². The highest BCUT2D eigenvalue weighted by atomic mass is 19.4. The van der Waals surface area contributed by atoms with Crippen molar-refractivity contribution >= 4 is 17.0 Å². The molecule has 8 nitrogen and oxygen atoms in total. The molecule has 1 saturated heterocycles. The van der Waals surface area contributed by atoms with E-state index in [0.29, 0.717) is 25.6 Å². The molecule has 5 rings (SSSR count). The van der Waals surface area contributed by atoms with Crippen LogP contribution in [0.2, 0.25) is 0 Å². The highest BCUT2D eigenvalue weighted by molar-refractivity contribution is 5.91. The summed E-state index contributed by atoms with van der Waals surface area (Å²) in [6.45, 7) is 1.32. The number of anilines is 1. The van der Waals surface area contributed by atoms with Gasteiger partial charge in [0.15, 0.2) is 23.0 Å². The lowest BCUT2D eigenvalue weighted by Crippen LogP contribution is -2.39. The van der Waals surface area contributed by atoms with E-state index in [0.717, 1.165) is 5.56 Å². The van der Waals surface area contributed by atoms with Crippen molar-refractivity contribution in [3.05, 3.63) is 59.6 Å². The van der Waals surface area contributed by atoms with Gasteiger partial charge in [0.2, 0.25) is 5.95 Å². The summed E-state index contributed by atoms with van der Waals surface area (Å²) in [5.41, 5.74) is -1.69. The Kier molecular flexibility index (Phi) is 5.50. The Labute approximate surface area is 194 Å².